The summed E-state index contributed by atoms with van der Waals surface area (Å²) in [6.07, 6.45) is 1.54. The van der Waals surface area contributed by atoms with Crippen molar-refractivity contribution in [1.82, 2.24) is 5.32 Å². The third kappa shape index (κ3) is 8.50. The maximum Gasteiger partial charge on any atom is 0.337 e. The van der Waals surface area contributed by atoms with Gasteiger partial charge in [0.15, 0.2) is 0 Å². The predicted molar refractivity (Wildman–Crippen MR) is 172 cm³/mol. The minimum Gasteiger partial charge on any atom is -0.496 e. The third-order valence-electron chi connectivity index (χ3n) is 6.23. The number of amides is 3. The highest BCUT2D eigenvalue weighted by molar-refractivity contribution is 8.00. The van der Waals surface area contributed by atoms with Gasteiger partial charge in [-0.15, -0.1) is 11.8 Å². The van der Waals surface area contributed by atoms with Crippen LogP contribution in [0.1, 0.15) is 33.2 Å². The molecule has 44 heavy (non-hydrogen) atoms. The normalized spacial score (nSPS) is 11.7. The van der Waals surface area contributed by atoms with Crippen LogP contribution in [-0.4, -0.2) is 41.2 Å². The van der Waals surface area contributed by atoms with Crippen molar-refractivity contribution < 1.29 is 29.0 Å². The van der Waals surface area contributed by atoms with E-state index in [0.717, 1.165) is 4.90 Å². The van der Waals surface area contributed by atoms with E-state index in [9.17, 15) is 24.3 Å². The number of para-hydroxylation sites is 1. The Morgan fingerprint density at radius 2 is 1.52 bits per heavy atom. The Morgan fingerprint density at radius 3 is 2.20 bits per heavy atom. The first-order valence-corrected chi connectivity index (χ1v) is 14.5. The monoisotopic (exact) mass is 629 g/mol. The van der Waals surface area contributed by atoms with Crippen molar-refractivity contribution in [2.24, 2.45) is 0 Å². The minimum atomic E-state index is -1.19. The van der Waals surface area contributed by atoms with Crippen LogP contribution in [0.3, 0.4) is 0 Å². The lowest BCUT2D eigenvalue weighted by atomic mass is 10.1. The quantitative estimate of drug-likeness (QED) is 0.109. The molecule has 0 bridgehead atoms. The number of methoxy groups -OCH3 is 1. The molecule has 0 saturated heterocycles. The molecule has 4 aromatic rings. The van der Waals surface area contributed by atoms with Crippen LogP contribution in [0.2, 0.25) is 5.02 Å². The van der Waals surface area contributed by atoms with Crippen molar-refractivity contribution in [2.45, 2.75) is 17.1 Å². The van der Waals surface area contributed by atoms with Crippen molar-refractivity contribution >= 4 is 64.5 Å². The van der Waals surface area contributed by atoms with Crippen LogP contribution in [-0.2, 0) is 9.59 Å². The molecule has 0 radical (unpaired) electrons. The van der Waals surface area contributed by atoms with Gasteiger partial charge in [-0.05, 0) is 73.7 Å². The molecule has 4 rings (SSSR count). The van der Waals surface area contributed by atoms with Crippen molar-refractivity contribution in [2.75, 3.05) is 17.7 Å². The first-order chi connectivity index (χ1) is 21.1. The second kappa shape index (κ2) is 14.9. The van der Waals surface area contributed by atoms with Crippen LogP contribution in [0.4, 0.5) is 11.4 Å². The van der Waals surface area contributed by atoms with E-state index in [0.29, 0.717) is 28.3 Å². The number of aromatic carboxylic acids is 1. The molecule has 4 N–H and O–H groups in total. The number of carboxylic acid groups (broad SMARTS) is 1. The molecule has 0 fully saturated rings. The first kappa shape index (κ1) is 31.9. The third-order valence-corrected chi connectivity index (χ3v) is 7.67. The van der Waals surface area contributed by atoms with Gasteiger partial charge >= 0.3 is 5.97 Å². The minimum absolute atomic E-state index is 0.0142. The van der Waals surface area contributed by atoms with Crippen LogP contribution in [0.5, 0.6) is 5.75 Å². The molecule has 0 aliphatic heterocycles. The fraction of sp³-hybridized carbons (Fsp3) is 0.0909. The zero-order valence-electron chi connectivity index (χ0n) is 23.7. The summed E-state index contributed by atoms with van der Waals surface area (Å²) < 4.78 is 5.40. The summed E-state index contributed by atoms with van der Waals surface area (Å²) in [4.78, 5) is 51.1. The maximum absolute atomic E-state index is 13.4. The van der Waals surface area contributed by atoms with Crippen molar-refractivity contribution in [3.63, 3.8) is 0 Å². The summed E-state index contributed by atoms with van der Waals surface area (Å²) in [6, 6.07) is 26.8. The van der Waals surface area contributed by atoms with Crippen LogP contribution in [0.25, 0.3) is 6.08 Å². The smallest absolute Gasteiger partial charge is 0.337 e. The van der Waals surface area contributed by atoms with E-state index in [2.05, 4.69) is 16.0 Å². The van der Waals surface area contributed by atoms with Gasteiger partial charge in [0, 0.05) is 27.4 Å². The van der Waals surface area contributed by atoms with E-state index < -0.39 is 23.0 Å². The van der Waals surface area contributed by atoms with E-state index in [1.165, 1.54) is 37.1 Å². The van der Waals surface area contributed by atoms with Crippen LogP contribution >= 0.6 is 23.4 Å². The summed E-state index contributed by atoms with van der Waals surface area (Å²) in [6.45, 7) is 1.72. The topological polar surface area (TPSA) is 134 Å². The van der Waals surface area contributed by atoms with Crippen molar-refractivity contribution in [3.05, 3.63) is 124 Å². The Morgan fingerprint density at radius 1 is 0.864 bits per heavy atom. The predicted octanol–water partition coefficient (Wildman–Crippen LogP) is 6.58. The standard InChI is InChI=1S/C33H28ClN3O6S/c1-20(30(38)36-24-14-17-27(34)26(19-24)33(41)42)44-25-15-12-23(13-16-25)35-32(40)28(18-22-10-6-7-11-29(22)43-2)37-31(39)21-8-4-3-5-9-21/h3-20H,1-2H3,(H,35,40)(H,36,38)(H,37,39)(H,41,42)/b28-18-. The Bertz CT molecular complexity index is 1710. The molecular formula is C33H28ClN3O6S. The van der Waals surface area contributed by atoms with Gasteiger partial charge in [-0.1, -0.05) is 48.0 Å². The number of halogens is 1. The SMILES string of the molecule is COc1ccccc1/C=C(\NC(=O)c1ccccc1)C(=O)Nc1ccc(SC(C)C(=O)Nc2ccc(Cl)c(C(=O)O)c2)cc1. The number of anilines is 2. The Hall–Kier alpha value is -5.06. The Kier molecular flexibility index (Phi) is 10.8. The van der Waals surface area contributed by atoms with Crippen LogP contribution < -0.4 is 20.7 Å². The summed E-state index contributed by atoms with van der Waals surface area (Å²) in [5.74, 6) is -1.98. The number of hydrogen-bond acceptors (Lipinski definition) is 6. The van der Waals surface area contributed by atoms with E-state index in [1.54, 1.807) is 91.9 Å². The van der Waals surface area contributed by atoms with E-state index in [4.69, 9.17) is 16.3 Å². The fourth-order valence-corrected chi connectivity index (χ4v) is 5.03. The van der Waals surface area contributed by atoms with Gasteiger partial charge in [-0.25, -0.2) is 4.79 Å². The number of carboxylic acids is 1. The van der Waals surface area contributed by atoms with E-state index >= 15 is 0 Å². The highest BCUT2D eigenvalue weighted by atomic mass is 35.5. The van der Waals surface area contributed by atoms with Crippen molar-refractivity contribution in [1.29, 1.82) is 0 Å². The molecule has 9 nitrogen and oxygen atoms in total. The molecule has 4 aromatic carbocycles. The molecule has 0 saturated carbocycles. The fourth-order valence-electron chi connectivity index (χ4n) is 3.97. The number of carbonyl (C=O) groups is 4. The number of thioether (sulfide) groups is 1. The number of hydrogen-bond donors (Lipinski definition) is 4. The van der Waals surface area contributed by atoms with E-state index in [1.807, 2.05) is 0 Å². The molecular weight excluding hydrogens is 602 g/mol. The molecule has 1 atom stereocenters. The summed E-state index contributed by atoms with van der Waals surface area (Å²) >= 11 is 7.19. The highest BCUT2D eigenvalue weighted by Gasteiger charge is 2.18. The molecule has 0 spiro atoms. The number of nitrogens with one attached hydrogen (secondary N) is 3. The van der Waals surface area contributed by atoms with Gasteiger partial charge in [0.2, 0.25) is 5.91 Å². The average molecular weight is 630 g/mol. The lowest BCUT2D eigenvalue weighted by Crippen LogP contribution is -2.30. The second-order valence-electron chi connectivity index (χ2n) is 9.35. The summed E-state index contributed by atoms with van der Waals surface area (Å²) in [5.41, 5.74) is 1.69. The van der Waals surface area contributed by atoms with Gasteiger partial charge in [-0.3, -0.25) is 14.4 Å². The molecule has 0 aliphatic carbocycles. The van der Waals surface area contributed by atoms with Gasteiger partial charge in [0.25, 0.3) is 11.8 Å². The zero-order valence-corrected chi connectivity index (χ0v) is 25.2. The average Bonchev–Trinajstić information content (AvgIpc) is 3.03. The number of carbonyl (C=O) groups excluding carboxylic acids is 3. The molecule has 0 aromatic heterocycles. The van der Waals surface area contributed by atoms with Gasteiger partial charge in [-0.2, -0.15) is 0 Å². The molecule has 0 aliphatic rings. The zero-order chi connectivity index (χ0) is 31.6. The molecule has 11 heteroatoms. The van der Waals surface area contributed by atoms with Gasteiger partial charge in [0.05, 0.1) is 22.9 Å². The number of rotatable bonds is 11. The van der Waals surface area contributed by atoms with Crippen molar-refractivity contribution in [3.8, 4) is 5.75 Å². The van der Waals surface area contributed by atoms with Gasteiger partial charge < -0.3 is 25.8 Å². The highest BCUT2D eigenvalue weighted by Crippen LogP contribution is 2.27. The lowest BCUT2D eigenvalue weighted by molar-refractivity contribution is -0.115. The van der Waals surface area contributed by atoms with E-state index in [-0.39, 0.29) is 22.2 Å². The Labute approximate surface area is 263 Å². The lowest BCUT2D eigenvalue weighted by Gasteiger charge is -2.14. The second-order valence-corrected chi connectivity index (χ2v) is 11.2. The van der Waals surface area contributed by atoms with Gasteiger partial charge in [0.1, 0.15) is 11.4 Å². The number of benzene rings is 4. The summed E-state index contributed by atoms with van der Waals surface area (Å²) in [5, 5.41) is 17.0. The largest absolute Gasteiger partial charge is 0.496 e. The first-order valence-electron chi connectivity index (χ1n) is 13.3. The van der Waals surface area contributed by atoms with Crippen LogP contribution in [0, 0.1) is 0 Å². The molecule has 224 valence electrons. The summed E-state index contributed by atoms with van der Waals surface area (Å²) in [7, 11) is 1.52. The van der Waals surface area contributed by atoms with Crippen LogP contribution in [0.15, 0.2) is 108 Å². The molecule has 3 amide bonds. The molecule has 0 heterocycles. The maximum atomic E-state index is 13.4. The molecule has 1 unspecified atom stereocenters. The number of ether oxygens (including phenoxy) is 1. The Balaban J connectivity index is 1.44.